The van der Waals surface area contributed by atoms with E-state index < -0.39 is 11.7 Å². The Kier molecular flexibility index (Phi) is 6.54. The van der Waals surface area contributed by atoms with Crippen LogP contribution in [0.25, 0.3) is 5.57 Å². The van der Waals surface area contributed by atoms with Crippen molar-refractivity contribution in [1.82, 2.24) is 4.90 Å². The lowest BCUT2D eigenvalue weighted by Crippen LogP contribution is -2.31. The molecular weight excluding hydrogens is 426 g/mol. The molecule has 5 nitrogen and oxygen atoms in total. The fourth-order valence-electron chi connectivity index (χ4n) is 2.24. The van der Waals surface area contributed by atoms with E-state index in [9.17, 15) is 15.3 Å². The molecule has 2 rings (SSSR count). The number of benzene rings is 1. The van der Waals surface area contributed by atoms with Gasteiger partial charge in [0.25, 0.3) is 0 Å². The van der Waals surface area contributed by atoms with Gasteiger partial charge in [-0.25, -0.2) is 9.69 Å². The number of nitriles is 2. The topological polar surface area (TPSA) is 77.1 Å². The first-order chi connectivity index (χ1) is 12.6. The summed E-state index contributed by atoms with van der Waals surface area (Å²) in [5.41, 5.74) is 0.496. The molecule has 0 fully saturated rings. The quantitative estimate of drug-likeness (QED) is 0.528. The lowest BCUT2D eigenvalue weighted by Gasteiger charge is -2.24. The third-order valence-electron chi connectivity index (χ3n) is 3.32. The van der Waals surface area contributed by atoms with Crippen LogP contribution in [0.4, 0.5) is 4.79 Å². The fraction of sp³-hybridized carbons (Fsp3) is 0.250. The van der Waals surface area contributed by atoms with Crippen molar-refractivity contribution < 1.29 is 9.53 Å². The van der Waals surface area contributed by atoms with Gasteiger partial charge in [-0.1, -0.05) is 39.8 Å². The highest BCUT2D eigenvalue weighted by atomic mass is 79.9. The number of amides is 1. The molecule has 138 valence electrons. The minimum Gasteiger partial charge on any atom is -0.443 e. The second-order valence-electron chi connectivity index (χ2n) is 6.69. The average Bonchev–Trinajstić information content (AvgIpc) is 2.95. The van der Waals surface area contributed by atoms with Crippen molar-refractivity contribution in [3.05, 3.63) is 62.1 Å². The van der Waals surface area contributed by atoms with E-state index in [1.807, 2.05) is 43.3 Å². The normalized spacial score (nSPS) is 15.0. The van der Waals surface area contributed by atoms with Crippen molar-refractivity contribution in [3.8, 4) is 12.1 Å². The first-order valence-corrected chi connectivity index (χ1v) is 9.66. The highest BCUT2D eigenvalue weighted by molar-refractivity contribution is 9.10. The number of hydrogen-bond acceptors (Lipinski definition) is 5. The molecule has 1 amide bonds. The van der Waals surface area contributed by atoms with E-state index in [1.165, 1.54) is 16.7 Å². The summed E-state index contributed by atoms with van der Waals surface area (Å²) in [4.78, 5) is 14.8. The van der Waals surface area contributed by atoms with Crippen LogP contribution in [0.3, 0.4) is 0 Å². The van der Waals surface area contributed by atoms with E-state index in [2.05, 4.69) is 15.9 Å². The van der Waals surface area contributed by atoms with Crippen molar-refractivity contribution in [2.45, 2.75) is 33.3 Å². The Morgan fingerprint density at radius 2 is 1.81 bits per heavy atom. The fourth-order valence-corrected chi connectivity index (χ4v) is 3.39. The monoisotopic (exact) mass is 443 g/mol. The third kappa shape index (κ3) is 5.50. The van der Waals surface area contributed by atoms with E-state index in [-0.39, 0.29) is 5.57 Å². The van der Waals surface area contributed by atoms with Crippen LogP contribution in [0.5, 0.6) is 0 Å². The average molecular weight is 444 g/mol. The molecule has 1 aromatic carbocycles. The summed E-state index contributed by atoms with van der Waals surface area (Å²) >= 11 is 4.75. The molecule has 0 unspecified atom stereocenters. The van der Waals surface area contributed by atoms with Crippen molar-refractivity contribution in [2.24, 2.45) is 0 Å². The summed E-state index contributed by atoms with van der Waals surface area (Å²) in [6, 6.07) is 11.1. The highest BCUT2D eigenvalue weighted by Crippen LogP contribution is 2.39. The SMILES string of the molecule is CC1=CN(C(=O)OC(C)(C)C)/C(=C\C(=C(C#N)C#N)c2ccc(Br)cc2)S1. The highest BCUT2D eigenvalue weighted by Gasteiger charge is 2.28. The number of ether oxygens (including phenoxy) is 1. The maximum atomic E-state index is 12.5. The minimum atomic E-state index is -0.633. The smallest absolute Gasteiger partial charge is 0.419 e. The van der Waals surface area contributed by atoms with Crippen LogP contribution < -0.4 is 0 Å². The van der Waals surface area contributed by atoms with Gasteiger partial charge in [-0.3, -0.25) is 0 Å². The van der Waals surface area contributed by atoms with E-state index >= 15 is 0 Å². The lowest BCUT2D eigenvalue weighted by atomic mass is 10.0. The van der Waals surface area contributed by atoms with Crippen molar-refractivity contribution in [1.29, 1.82) is 10.5 Å². The van der Waals surface area contributed by atoms with Crippen LogP contribution in [-0.4, -0.2) is 16.6 Å². The molecule has 0 saturated carbocycles. The molecule has 0 bridgehead atoms. The van der Waals surface area contributed by atoms with E-state index in [1.54, 1.807) is 33.0 Å². The maximum absolute atomic E-state index is 12.5. The first kappa shape index (κ1) is 20.8. The standard InChI is InChI=1S/C20H18BrN3O2S/c1-13-12-24(19(25)26-20(2,3)4)18(27-13)9-17(15(10-22)11-23)14-5-7-16(21)8-6-14/h5-9,12H,1-4H3/b18-9+. The van der Waals surface area contributed by atoms with Gasteiger partial charge in [-0.05, 0) is 51.5 Å². The molecule has 1 aromatic rings. The summed E-state index contributed by atoms with van der Waals surface area (Å²) in [5, 5.41) is 19.3. The van der Waals surface area contributed by atoms with Crippen LogP contribution >= 0.6 is 27.7 Å². The Morgan fingerprint density at radius 1 is 1.22 bits per heavy atom. The van der Waals surface area contributed by atoms with Gasteiger partial charge >= 0.3 is 6.09 Å². The molecule has 0 radical (unpaired) electrons. The van der Waals surface area contributed by atoms with Gasteiger partial charge in [0.1, 0.15) is 23.3 Å². The molecule has 1 aliphatic rings. The van der Waals surface area contributed by atoms with Crippen LogP contribution in [0.2, 0.25) is 0 Å². The van der Waals surface area contributed by atoms with E-state index in [0.717, 1.165) is 9.38 Å². The molecule has 1 aliphatic heterocycles. The van der Waals surface area contributed by atoms with E-state index in [4.69, 9.17) is 4.74 Å². The Hall–Kier alpha value is -2.48. The van der Waals surface area contributed by atoms with Gasteiger partial charge in [0, 0.05) is 21.2 Å². The molecule has 0 spiro atoms. The second kappa shape index (κ2) is 8.47. The number of hydrogen-bond donors (Lipinski definition) is 0. The number of halogens is 1. The summed E-state index contributed by atoms with van der Waals surface area (Å²) < 4.78 is 6.34. The van der Waals surface area contributed by atoms with Gasteiger partial charge in [0.15, 0.2) is 0 Å². The lowest BCUT2D eigenvalue weighted by molar-refractivity contribution is 0.0397. The molecule has 27 heavy (non-hydrogen) atoms. The Bertz CT molecular complexity index is 910. The van der Waals surface area contributed by atoms with Gasteiger partial charge < -0.3 is 4.74 Å². The minimum absolute atomic E-state index is 0.0286. The third-order valence-corrected chi connectivity index (χ3v) is 4.80. The molecule has 0 saturated heterocycles. The summed E-state index contributed by atoms with van der Waals surface area (Å²) in [7, 11) is 0. The first-order valence-electron chi connectivity index (χ1n) is 8.05. The Balaban J connectivity index is 2.51. The predicted molar refractivity (Wildman–Crippen MR) is 110 cm³/mol. The number of nitrogens with zero attached hydrogens (tertiary/aromatic N) is 3. The Labute approximate surface area is 171 Å². The molecule has 1 heterocycles. The maximum Gasteiger partial charge on any atom is 0.419 e. The number of allylic oxidation sites excluding steroid dienone is 4. The van der Waals surface area contributed by atoms with Crippen LogP contribution in [0.1, 0.15) is 33.3 Å². The molecular formula is C20H18BrN3O2S. The zero-order valence-corrected chi connectivity index (χ0v) is 17.8. The van der Waals surface area contributed by atoms with Gasteiger partial charge in [-0.2, -0.15) is 10.5 Å². The van der Waals surface area contributed by atoms with Crippen molar-refractivity contribution in [3.63, 3.8) is 0 Å². The zero-order valence-electron chi connectivity index (χ0n) is 15.4. The molecule has 0 N–H and O–H groups in total. The predicted octanol–water partition coefficient (Wildman–Crippen LogP) is 5.94. The molecule has 7 heteroatoms. The van der Waals surface area contributed by atoms with Gasteiger partial charge in [0.2, 0.25) is 0 Å². The van der Waals surface area contributed by atoms with Gasteiger partial charge in [-0.15, -0.1) is 0 Å². The van der Waals surface area contributed by atoms with Crippen LogP contribution in [0, 0.1) is 22.7 Å². The summed E-state index contributed by atoms with van der Waals surface area (Å²) in [6.07, 6.45) is 2.85. The summed E-state index contributed by atoms with van der Waals surface area (Å²) in [6.45, 7) is 7.27. The largest absolute Gasteiger partial charge is 0.443 e. The Morgan fingerprint density at radius 3 is 2.33 bits per heavy atom. The van der Waals surface area contributed by atoms with Gasteiger partial charge in [0.05, 0.1) is 5.03 Å². The number of carbonyl (C=O) groups is 1. The van der Waals surface area contributed by atoms with Crippen LogP contribution in [0.15, 0.2) is 56.5 Å². The van der Waals surface area contributed by atoms with Crippen LogP contribution in [-0.2, 0) is 4.74 Å². The molecule has 0 atom stereocenters. The molecule has 0 aliphatic carbocycles. The van der Waals surface area contributed by atoms with Crippen molar-refractivity contribution >= 4 is 39.4 Å². The second-order valence-corrected chi connectivity index (χ2v) is 8.88. The number of thioether (sulfide) groups is 1. The number of rotatable bonds is 2. The zero-order chi connectivity index (χ0) is 20.2. The molecule has 0 aromatic heterocycles. The number of carbonyl (C=O) groups excluding carboxylic acids is 1. The van der Waals surface area contributed by atoms with Crippen molar-refractivity contribution in [2.75, 3.05) is 0 Å². The van der Waals surface area contributed by atoms with E-state index in [0.29, 0.717) is 16.2 Å². The summed E-state index contributed by atoms with van der Waals surface area (Å²) in [5.74, 6) is 0.